The molecule has 0 aliphatic heterocycles. The standard InChI is InChI=1S/C11H12O2/c1-9(7-8-12)10-3-5-11(13-2)6-4-10/h3-8H,1-2H3/b9-7-. The number of ether oxygens (including phenoxy) is 1. The largest absolute Gasteiger partial charge is 0.497 e. The fraction of sp³-hybridized carbons (Fsp3) is 0.182. The molecule has 0 aliphatic carbocycles. The molecule has 0 saturated carbocycles. The Balaban J connectivity index is 2.91. The molecule has 0 amide bonds. The number of benzene rings is 1. The third kappa shape index (κ3) is 2.44. The van der Waals surface area contributed by atoms with Gasteiger partial charge in [0.15, 0.2) is 0 Å². The van der Waals surface area contributed by atoms with E-state index in [2.05, 4.69) is 0 Å². The summed E-state index contributed by atoms with van der Waals surface area (Å²) in [5.74, 6) is 0.822. The third-order valence-electron chi connectivity index (χ3n) is 1.86. The summed E-state index contributed by atoms with van der Waals surface area (Å²) in [4.78, 5) is 10.2. The van der Waals surface area contributed by atoms with Crippen molar-refractivity contribution in [3.05, 3.63) is 35.9 Å². The molecule has 0 saturated heterocycles. The van der Waals surface area contributed by atoms with Crippen LogP contribution in [-0.2, 0) is 4.79 Å². The molecule has 0 fully saturated rings. The van der Waals surface area contributed by atoms with Crippen LogP contribution in [0.3, 0.4) is 0 Å². The SMILES string of the molecule is COc1ccc(/C(C)=C\C=O)cc1. The Labute approximate surface area is 77.8 Å². The average Bonchev–Trinajstić information content (AvgIpc) is 2.18. The van der Waals surface area contributed by atoms with Crippen LogP contribution in [-0.4, -0.2) is 13.4 Å². The lowest BCUT2D eigenvalue weighted by atomic mass is 10.1. The van der Waals surface area contributed by atoms with E-state index in [1.165, 1.54) is 0 Å². The molecule has 1 aromatic rings. The Morgan fingerprint density at radius 1 is 1.31 bits per heavy atom. The first-order chi connectivity index (χ1) is 6.27. The van der Waals surface area contributed by atoms with E-state index in [1.807, 2.05) is 31.2 Å². The second-order valence-corrected chi connectivity index (χ2v) is 2.71. The van der Waals surface area contributed by atoms with Gasteiger partial charge in [0.2, 0.25) is 0 Å². The Morgan fingerprint density at radius 3 is 2.38 bits per heavy atom. The zero-order valence-electron chi connectivity index (χ0n) is 7.78. The molecule has 0 radical (unpaired) electrons. The van der Waals surface area contributed by atoms with E-state index < -0.39 is 0 Å². The van der Waals surface area contributed by atoms with Crippen LogP contribution in [0.1, 0.15) is 12.5 Å². The van der Waals surface area contributed by atoms with Gasteiger partial charge in [-0.05, 0) is 36.3 Å². The predicted molar refractivity (Wildman–Crippen MR) is 52.7 cm³/mol. The van der Waals surface area contributed by atoms with E-state index in [0.29, 0.717) is 0 Å². The summed E-state index contributed by atoms with van der Waals surface area (Å²) in [6.45, 7) is 1.90. The molecule has 0 aliphatic rings. The van der Waals surface area contributed by atoms with Crippen LogP contribution in [0, 0.1) is 0 Å². The highest BCUT2D eigenvalue weighted by atomic mass is 16.5. The Bertz CT molecular complexity index is 309. The van der Waals surface area contributed by atoms with Crippen LogP contribution in [0.15, 0.2) is 30.3 Å². The van der Waals surface area contributed by atoms with Crippen molar-refractivity contribution in [2.24, 2.45) is 0 Å². The second-order valence-electron chi connectivity index (χ2n) is 2.71. The number of hydrogen-bond acceptors (Lipinski definition) is 2. The number of carbonyl (C=O) groups excluding carboxylic acids is 1. The highest BCUT2D eigenvalue weighted by Crippen LogP contribution is 2.17. The summed E-state index contributed by atoms with van der Waals surface area (Å²) in [5.41, 5.74) is 1.99. The van der Waals surface area contributed by atoms with Gasteiger partial charge >= 0.3 is 0 Å². The van der Waals surface area contributed by atoms with E-state index in [-0.39, 0.29) is 0 Å². The number of carbonyl (C=O) groups is 1. The zero-order valence-corrected chi connectivity index (χ0v) is 7.78. The predicted octanol–water partition coefficient (Wildman–Crippen LogP) is 2.30. The van der Waals surface area contributed by atoms with Crippen molar-refractivity contribution in [1.82, 2.24) is 0 Å². The number of aldehydes is 1. The first-order valence-corrected chi connectivity index (χ1v) is 4.04. The first-order valence-electron chi connectivity index (χ1n) is 4.04. The van der Waals surface area contributed by atoms with Gasteiger partial charge in [-0.3, -0.25) is 4.79 Å². The molecular weight excluding hydrogens is 164 g/mol. The maximum absolute atomic E-state index is 10.2. The Kier molecular flexibility index (Phi) is 3.26. The molecule has 0 spiro atoms. The van der Waals surface area contributed by atoms with Gasteiger partial charge in [0.05, 0.1) is 7.11 Å². The van der Waals surface area contributed by atoms with E-state index in [9.17, 15) is 4.79 Å². The minimum Gasteiger partial charge on any atom is -0.497 e. The summed E-state index contributed by atoms with van der Waals surface area (Å²) in [7, 11) is 1.63. The summed E-state index contributed by atoms with van der Waals surface area (Å²) in [6.07, 6.45) is 2.33. The zero-order chi connectivity index (χ0) is 9.68. The third-order valence-corrected chi connectivity index (χ3v) is 1.86. The number of hydrogen-bond donors (Lipinski definition) is 0. The van der Waals surface area contributed by atoms with Crippen LogP contribution in [0.4, 0.5) is 0 Å². The van der Waals surface area contributed by atoms with Gasteiger partial charge in [-0.1, -0.05) is 12.1 Å². The second kappa shape index (κ2) is 4.45. The molecule has 2 nitrogen and oxygen atoms in total. The number of allylic oxidation sites excluding steroid dienone is 2. The summed E-state index contributed by atoms with van der Waals surface area (Å²) in [6, 6.07) is 7.59. The summed E-state index contributed by atoms with van der Waals surface area (Å²) in [5, 5.41) is 0. The molecule has 0 N–H and O–H groups in total. The highest BCUT2D eigenvalue weighted by molar-refractivity contribution is 5.80. The van der Waals surface area contributed by atoms with E-state index in [1.54, 1.807) is 13.2 Å². The van der Waals surface area contributed by atoms with Crippen molar-refractivity contribution in [1.29, 1.82) is 0 Å². The van der Waals surface area contributed by atoms with Crippen molar-refractivity contribution in [2.45, 2.75) is 6.92 Å². The van der Waals surface area contributed by atoms with E-state index in [0.717, 1.165) is 23.2 Å². The maximum Gasteiger partial charge on any atom is 0.143 e. The van der Waals surface area contributed by atoms with E-state index in [4.69, 9.17) is 4.74 Å². The molecule has 0 aromatic heterocycles. The van der Waals surface area contributed by atoms with Crippen molar-refractivity contribution in [3.63, 3.8) is 0 Å². The molecule has 13 heavy (non-hydrogen) atoms. The lowest BCUT2D eigenvalue weighted by Crippen LogP contribution is -1.84. The quantitative estimate of drug-likeness (QED) is 0.521. The van der Waals surface area contributed by atoms with E-state index >= 15 is 0 Å². The van der Waals surface area contributed by atoms with Crippen LogP contribution in [0.25, 0.3) is 5.57 Å². The van der Waals surface area contributed by atoms with Crippen molar-refractivity contribution >= 4 is 11.9 Å². The fourth-order valence-electron chi connectivity index (χ4n) is 1.05. The molecule has 1 rings (SSSR count). The molecule has 68 valence electrons. The van der Waals surface area contributed by atoms with Crippen molar-refractivity contribution < 1.29 is 9.53 Å². The first kappa shape index (κ1) is 9.52. The van der Waals surface area contributed by atoms with Gasteiger partial charge < -0.3 is 4.74 Å². The highest BCUT2D eigenvalue weighted by Gasteiger charge is 1.95. The number of rotatable bonds is 3. The van der Waals surface area contributed by atoms with Gasteiger partial charge in [-0.25, -0.2) is 0 Å². The molecular formula is C11H12O2. The summed E-state index contributed by atoms with van der Waals surface area (Å²) >= 11 is 0. The minimum absolute atomic E-state index is 0.791. The normalized spacial score (nSPS) is 11.1. The van der Waals surface area contributed by atoms with Gasteiger partial charge in [-0.2, -0.15) is 0 Å². The topological polar surface area (TPSA) is 26.3 Å². The van der Waals surface area contributed by atoms with Gasteiger partial charge in [0.25, 0.3) is 0 Å². The Morgan fingerprint density at radius 2 is 1.92 bits per heavy atom. The maximum atomic E-state index is 10.2. The van der Waals surface area contributed by atoms with Crippen LogP contribution < -0.4 is 4.74 Å². The van der Waals surface area contributed by atoms with Gasteiger partial charge in [-0.15, -0.1) is 0 Å². The lowest BCUT2D eigenvalue weighted by Gasteiger charge is -2.02. The Hall–Kier alpha value is -1.57. The average molecular weight is 176 g/mol. The lowest BCUT2D eigenvalue weighted by molar-refractivity contribution is -0.104. The summed E-state index contributed by atoms with van der Waals surface area (Å²) < 4.78 is 5.02. The molecule has 2 heteroatoms. The van der Waals surface area contributed by atoms with Gasteiger partial charge in [0.1, 0.15) is 12.0 Å². The molecule has 1 aromatic carbocycles. The smallest absolute Gasteiger partial charge is 0.143 e. The van der Waals surface area contributed by atoms with Crippen LogP contribution in [0.5, 0.6) is 5.75 Å². The van der Waals surface area contributed by atoms with Crippen molar-refractivity contribution in [2.75, 3.05) is 7.11 Å². The van der Waals surface area contributed by atoms with Crippen LogP contribution in [0.2, 0.25) is 0 Å². The van der Waals surface area contributed by atoms with Crippen molar-refractivity contribution in [3.8, 4) is 5.75 Å². The van der Waals surface area contributed by atoms with Crippen LogP contribution >= 0.6 is 0 Å². The molecule has 0 heterocycles. The molecule has 0 atom stereocenters. The monoisotopic (exact) mass is 176 g/mol. The molecule has 0 unspecified atom stereocenters. The molecule has 0 bridgehead atoms. The number of methoxy groups -OCH3 is 1. The minimum atomic E-state index is 0.791. The van der Waals surface area contributed by atoms with Gasteiger partial charge in [0, 0.05) is 0 Å². The fourth-order valence-corrected chi connectivity index (χ4v) is 1.05.